The number of aliphatic hydroxyl groups is 1. The summed E-state index contributed by atoms with van der Waals surface area (Å²) in [5.41, 5.74) is 0.710. The summed E-state index contributed by atoms with van der Waals surface area (Å²) >= 11 is 0. The Morgan fingerprint density at radius 1 is 1.28 bits per heavy atom. The van der Waals surface area contributed by atoms with Gasteiger partial charge in [0, 0.05) is 12.6 Å². The van der Waals surface area contributed by atoms with E-state index in [0.717, 1.165) is 0 Å². The minimum atomic E-state index is -3.43. The van der Waals surface area contributed by atoms with Gasteiger partial charge < -0.3 is 10.4 Å². The third-order valence-corrected chi connectivity index (χ3v) is 4.55. The molecule has 5 heteroatoms. The third-order valence-electron chi connectivity index (χ3n) is 2.60. The Morgan fingerprint density at radius 2 is 1.89 bits per heavy atom. The number of aryl methyl sites for hydroxylation is 1. The number of nitrogens with one attached hydrogen (secondary N) is 1. The van der Waals surface area contributed by atoms with Crippen LogP contribution in [0.25, 0.3) is 0 Å². The van der Waals surface area contributed by atoms with Crippen molar-refractivity contribution in [1.82, 2.24) is 5.32 Å². The highest BCUT2D eigenvalue weighted by molar-refractivity contribution is 7.91. The van der Waals surface area contributed by atoms with Crippen molar-refractivity contribution in [2.75, 3.05) is 12.3 Å². The zero-order valence-electron chi connectivity index (χ0n) is 11.1. The van der Waals surface area contributed by atoms with E-state index in [1.807, 2.05) is 13.8 Å². The molecule has 0 aliphatic rings. The van der Waals surface area contributed by atoms with Crippen molar-refractivity contribution in [3.8, 4) is 0 Å². The lowest BCUT2D eigenvalue weighted by Gasteiger charge is -2.15. The molecule has 18 heavy (non-hydrogen) atoms. The molecule has 0 fully saturated rings. The standard InChI is InChI=1S/C13H21NO3S/c1-10(2)14-8-12(15)9-18(16,17)13-7-5-4-6-11(13)3/h4-7,10,12,14-15H,8-9H2,1-3H3. The minimum Gasteiger partial charge on any atom is -0.391 e. The molecule has 1 aromatic carbocycles. The van der Waals surface area contributed by atoms with E-state index >= 15 is 0 Å². The fourth-order valence-corrected chi connectivity index (χ4v) is 3.33. The Balaban J connectivity index is 2.74. The van der Waals surface area contributed by atoms with E-state index in [9.17, 15) is 13.5 Å². The Hall–Kier alpha value is -0.910. The Bertz CT molecular complexity index is 483. The third kappa shape index (κ3) is 4.40. The molecule has 102 valence electrons. The van der Waals surface area contributed by atoms with E-state index in [4.69, 9.17) is 0 Å². The molecule has 1 unspecified atom stereocenters. The summed E-state index contributed by atoms with van der Waals surface area (Å²) in [5, 5.41) is 12.8. The molecule has 0 spiro atoms. The summed E-state index contributed by atoms with van der Waals surface area (Å²) < 4.78 is 24.2. The van der Waals surface area contributed by atoms with Crippen molar-refractivity contribution in [2.45, 2.75) is 37.8 Å². The molecule has 0 amide bonds. The largest absolute Gasteiger partial charge is 0.391 e. The average molecular weight is 271 g/mol. The second-order valence-electron chi connectivity index (χ2n) is 4.76. The van der Waals surface area contributed by atoms with Crippen molar-refractivity contribution in [3.05, 3.63) is 29.8 Å². The summed E-state index contributed by atoms with van der Waals surface area (Å²) in [6, 6.07) is 7.05. The first-order chi connectivity index (χ1) is 8.33. The van der Waals surface area contributed by atoms with Crippen LogP contribution in [-0.2, 0) is 9.84 Å². The van der Waals surface area contributed by atoms with Crippen molar-refractivity contribution >= 4 is 9.84 Å². The lowest BCUT2D eigenvalue weighted by molar-refractivity contribution is 0.190. The quantitative estimate of drug-likeness (QED) is 0.814. The highest BCUT2D eigenvalue weighted by Crippen LogP contribution is 2.16. The zero-order chi connectivity index (χ0) is 13.8. The molecule has 0 aliphatic heterocycles. The number of aliphatic hydroxyl groups excluding tert-OH is 1. The van der Waals surface area contributed by atoms with E-state index in [-0.39, 0.29) is 18.3 Å². The highest BCUT2D eigenvalue weighted by Gasteiger charge is 2.21. The van der Waals surface area contributed by atoms with Crippen LogP contribution >= 0.6 is 0 Å². The van der Waals surface area contributed by atoms with Crippen LogP contribution in [-0.4, -0.2) is 38.0 Å². The van der Waals surface area contributed by atoms with Crippen LogP contribution in [0.2, 0.25) is 0 Å². The molecule has 0 aromatic heterocycles. The summed E-state index contributed by atoms with van der Waals surface area (Å²) in [6.45, 7) is 5.93. The Labute approximate surface area is 109 Å². The van der Waals surface area contributed by atoms with Gasteiger partial charge in [-0.05, 0) is 18.6 Å². The Kier molecular flexibility index (Phi) is 5.31. The number of hydrogen-bond acceptors (Lipinski definition) is 4. The Morgan fingerprint density at radius 3 is 2.44 bits per heavy atom. The maximum atomic E-state index is 12.1. The van der Waals surface area contributed by atoms with Crippen molar-refractivity contribution < 1.29 is 13.5 Å². The van der Waals surface area contributed by atoms with Crippen LogP contribution in [0.1, 0.15) is 19.4 Å². The van der Waals surface area contributed by atoms with Gasteiger partial charge in [-0.15, -0.1) is 0 Å². The van der Waals surface area contributed by atoms with Gasteiger partial charge in [0.25, 0.3) is 0 Å². The van der Waals surface area contributed by atoms with Gasteiger partial charge in [0.15, 0.2) is 9.84 Å². The molecule has 1 rings (SSSR count). The summed E-state index contributed by atoms with van der Waals surface area (Å²) in [5.74, 6) is -0.252. The molecular formula is C13H21NO3S. The van der Waals surface area contributed by atoms with Crippen LogP contribution in [0.4, 0.5) is 0 Å². The maximum Gasteiger partial charge on any atom is 0.181 e. The summed E-state index contributed by atoms with van der Waals surface area (Å²) in [4.78, 5) is 0.300. The van der Waals surface area contributed by atoms with Crippen LogP contribution in [0.15, 0.2) is 29.2 Å². The van der Waals surface area contributed by atoms with Crippen molar-refractivity contribution in [1.29, 1.82) is 0 Å². The summed E-state index contributed by atoms with van der Waals surface area (Å²) in [7, 11) is -3.43. The number of sulfone groups is 1. The monoisotopic (exact) mass is 271 g/mol. The van der Waals surface area contributed by atoms with E-state index in [1.54, 1.807) is 31.2 Å². The second-order valence-corrected chi connectivity index (χ2v) is 6.77. The first kappa shape index (κ1) is 15.1. The average Bonchev–Trinajstić information content (AvgIpc) is 2.26. The van der Waals surface area contributed by atoms with Gasteiger partial charge in [-0.25, -0.2) is 8.42 Å². The normalized spacial score (nSPS) is 13.8. The van der Waals surface area contributed by atoms with Crippen LogP contribution in [0.3, 0.4) is 0 Å². The molecule has 0 saturated heterocycles. The smallest absolute Gasteiger partial charge is 0.181 e. The first-order valence-corrected chi connectivity index (χ1v) is 7.68. The number of benzene rings is 1. The lowest BCUT2D eigenvalue weighted by Crippen LogP contribution is -2.36. The minimum absolute atomic E-state index is 0.223. The van der Waals surface area contributed by atoms with E-state index in [2.05, 4.69) is 5.32 Å². The van der Waals surface area contributed by atoms with Crippen LogP contribution in [0, 0.1) is 6.92 Å². The molecule has 1 atom stereocenters. The van der Waals surface area contributed by atoms with Crippen molar-refractivity contribution in [2.24, 2.45) is 0 Å². The van der Waals surface area contributed by atoms with Crippen molar-refractivity contribution in [3.63, 3.8) is 0 Å². The molecule has 0 heterocycles. The molecular weight excluding hydrogens is 250 g/mol. The molecule has 0 bridgehead atoms. The SMILES string of the molecule is Cc1ccccc1S(=O)(=O)CC(O)CNC(C)C. The van der Waals surface area contributed by atoms with Gasteiger partial charge in [-0.1, -0.05) is 32.0 Å². The molecule has 2 N–H and O–H groups in total. The number of hydrogen-bond donors (Lipinski definition) is 2. The van der Waals surface area contributed by atoms with Gasteiger partial charge in [-0.2, -0.15) is 0 Å². The zero-order valence-corrected chi connectivity index (χ0v) is 11.9. The topological polar surface area (TPSA) is 66.4 Å². The van der Waals surface area contributed by atoms with E-state index in [1.165, 1.54) is 0 Å². The van der Waals surface area contributed by atoms with Gasteiger partial charge in [0.05, 0.1) is 16.8 Å². The molecule has 4 nitrogen and oxygen atoms in total. The van der Waals surface area contributed by atoms with E-state index < -0.39 is 15.9 Å². The molecule has 0 aliphatic carbocycles. The lowest BCUT2D eigenvalue weighted by atomic mass is 10.2. The van der Waals surface area contributed by atoms with E-state index in [0.29, 0.717) is 10.5 Å². The predicted molar refractivity (Wildman–Crippen MR) is 72.4 cm³/mol. The van der Waals surface area contributed by atoms with Crippen LogP contribution < -0.4 is 5.32 Å². The fraction of sp³-hybridized carbons (Fsp3) is 0.538. The first-order valence-electron chi connectivity index (χ1n) is 6.03. The van der Waals surface area contributed by atoms with Crippen LogP contribution in [0.5, 0.6) is 0 Å². The van der Waals surface area contributed by atoms with Gasteiger partial charge in [0.1, 0.15) is 0 Å². The van der Waals surface area contributed by atoms with Gasteiger partial charge >= 0.3 is 0 Å². The summed E-state index contributed by atoms with van der Waals surface area (Å²) in [6.07, 6.45) is -0.892. The number of rotatable bonds is 6. The fourth-order valence-electron chi connectivity index (χ4n) is 1.68. The molecule has 0 radical (unpaired) electrons. The molecule has 1 aromatic rings. The molecule has 0 saturated carbocycles. The van der Waals surface area contributed by atoms with Gasteiger partial charge in [-0.3, -0.25) is 0 Å². The predicted octanol–water partition coefficient (Wildman–Crippen LogP) is 1.13. The highest BCUT2D eigenvalue weighted by atomic mass is 32.2. The second kappa shape index (κ2) is 6.31. The maximum absolute atomic E-state index is 12.1. The van der Waals surface area contributed by atoms with Gasteiger partial charge in [0.2, 0.25) is 0 Å².